The maximum absolute atomic E-state index is 14.5. The van der Waals surface area contributed by atoms with Crippen molar-refractivity contribution in [2.45, 2.75) is 25.3 Å². The summed E-state index contributed by atoms with van der Waals surface area (Å²) in [5.41, 5.74) is 6.21. The molecule has 7 heteroatoms. The van der Waals surface area contributed by atoms with Gasteiger partial charge in [0.2, 0.25) is 0 Å². The van der Waals surface area contributed by atoms with Gasteiger partial charge in [0.1, 0.15) is 0 Å². The van der Waals surface area contributed by atoms with Crippen LogP contribution in [0, 0.1) is 5.82 Å². The van der Waals surface area contributed by atoms with Crippen LogP contribution in [0.5, 0.6) is 0 Å². The van der Waals surface area contributed by atoms with E-state index in [0.29, 0.717) is 17.8 Å². The Kier molecular flexibility index (Phi) is 4.82. The van der Waals surface area contributed by atoms with Gasteiger partial charge in [-0.25, -0.2) is 4.39 Å². The van der Waals surface area contributed by atoms with Gasteiger partial charge >= 0.3 is 0 Å². The minimum atomic E-state index is -0.463. The van der Waals surface area contributed by atoms with Crippen molar-refractivity contribution in [2.75, 3.05) is 18.1 Å². The van der Waals surface area contributed by atoms with Crippen LogP contribution in [-0.2, 0) is 0 Å². The minimum Gasteiger partial charge on any atom is -0.409 e. The summed E-state index contributed by atoms with van der Waals surface area (Å²) in [6, 6.07) is 3.46. The summed E-state index contributed by atoms with van der Waals surface area (Å²) in [6.07, 6.45) is 3.12. The van der Waals surface area contributed by atoms with E-state index in [1.807, 2.05) is 4.90 Å². The second-order valence-electron chi connectivity index (χ2n) is 4.75. The highest BCUT2D eigenvalue weighted by Crippen LogP contribution is 2.34. The van der Waals surface area contributed by atoms with Crippen LogP contribution in [0.25, 0.3) is 0 Å². The summed E-state index contributed by atoms with van der Waals surface area (Å²) < 4.78 is 14.7. The number of aliphatic hydroxyl groups excluding tert-OH is 1. The third-order valence-electron chi connectivity index (χ3n) is 3.61. The highest BCUT2D eigenvalue weighted by atomic mass is 79.9. The number of nitrogens with zero attached hydrogens (tertiary/aromatic N) is 2. The summed E-state index contributed by atoms with van der Waals surface area (Å²) in [5.74, 6) is -0.617. The Balaban J connectivity index is 2.38. The first-order chi connectivity index (χ1) is 9.60. The Bertz CT molecular complexity index is 521. The zero-order valence-corrected chi connectivity index (χ0v) is 12.5. The standard InChI is InChI=1S/C13H17BrFN3O2/c14-11-9(13(16)17-20)4-5-10(12(11)15)18(6-7-19)8-2-1-3-8/h4-5,8,19-20H,1-3,6-7H2,(H2,16,17). The Labute approximate surface area is 125 Å². The molecule has 1 saturated carbocycles. The molecule has 4 N–H and O–H groups in total. The molecule has 2 rings (SSSR count). The quantitative estimate of drug-likeness (QED) is 0.330. The first kappa shape index (κ1) is 15.1. The molecule has 0 aliphatic heterocycles. The number of anilines is 1. The fourth-order valence-electron chi connectivity index (χ4n) is 2.32. The molecule has 0 aromatic heterocycles. The summed E-state index contributed by atoms with van der Waals surface area (Å²) in [6.45, 7) is 0.354. The van der Waals surface area contributed by atoms with E-state index in [1.165, 1.54) is 0 Å². The molecule has 0 radical (unpaired) electrons. The predicted octanol–water partition coefficient (Wildman–Crippen LogP) is 2.03. The molecule has 0 atom stereocenters. The Morgan fingerprint density at radius 2 is 2.20 bits per heavy atom. The van der Waals surface area contributed by atoms with Crippen molar-refractivity contribution in [1.29, 1.82) is 0 Å². The molecule has 1 aromatic rings. The fourth-order valence-corrected chi connectivity index (χ4v) is 2.86. The van der Waals surface area contributed by atoms with Gasteiger partial charge in [-0.1, -0.05) is 5.16 Å². The van der Waals surface area contributed by atoms with Crippen LogP contribution in [0.1, 0.15) is 24.8 Å². The maximum atomic E-state index is 14.5. The van der Waals surface area contributed by atoms with Gasteiger partial charge in [-0.2, -0.15) is 0 Å². The number of benzene rings is 1. The van der Waals surface area contributed by atoms with Gasteiger partial charge in [0.15, 0.2) is 11.7 Å². The monoisotopic (exact) mass is 345 g/mol. The average molecular weight is 346 g/mol. The zero-order valence-electron chi connectivity index (χ0n) is 10.9. The van der Waals surface area contributed by atoms with E-state index in [-0.39, 0.29) is 23.0 Å². The molecule has 110 valence electrons. The lowest BCUT2D eigenvalue weighted by Gasteiger charge is -2.39. The summed E-state index contributed by atoms with van der Waals surface area (Å²) in [5, 5.41) is 20.7. The van der Waals surface area contributed by atoms with E-state index < -0.39 is 5.82 Å². The summed E-state index contributed by atoms with van der Waals surface area (Å²) in [7, 11) is 0. The van der Waals surface area contributed by atoms with Gasteiger partial charge < -0.3 is 20.9 Å². The minimum absolute atomic E-state index is 0.0322. The topological polar surface area (TPSA) is 82.1 Å². The summed E-state index contributed by atoms with van der Waals surface area (Å²) >= 11 is 3.14. The van der Waals surface area contributed by atoms with Crippen LogP contribution in [-0.4, -0.2) is 35.3 Å². The van der Waals surface area contributed by atoms with Crippen molar-refractivity contribution in [1.82, 2.24) is 0 Å². The van der Waals surface area contributed by atoms with Crippen LogP contribution >= 0.6 is 15.9 Å². The molecule has 0 heterocycles. The van der Waals surface area contributed by atoms with Gasteiger partial charge in [0, 0.05) is 18.2 Å². The molecule has 0 saturated heterocycles. The second kappa shape index (κ2) is 6.41. The molecule has 1 fully saturated rings. The molecule has 20 heavy (non-hydrogen) atoms. The number of hydrogen-bond donors (Lipinski definition) is 3. The number of rotatable bonds is 5. The molecule has 1 aromatic carbocycles. The van der Waals surface area contributed by atoms with Crippen molar-refractivity contribution in [3.05, 3.63) is 28.0 Å². The molecule has 0 unspecified atom stereocenters. The Morgan fingerprint density at radius 1 is 1.50 bits per heavy atom. The molecule has 1 aliphatic rings. The Morgan fingerprint density at radius 3 is 2.70 bits per heavy atom. The van der Waals surface area contributed by atoms with Crippen LogP contribution in [0.15, 0.2) is 21.8 Å². The molecule has 0 bridgehead atoms. The number of halogens is 2. The number of oxime groups is 1. The van der Waals surface area contributed by atoms with Gasteiger partial charge in [-0.15, -0.1) is 0 Å². The molecule has 0 amide bonds. The lowest BCUT2D eigenvalue weighted by atomic mass is 9.91. The first-order valence-corrected chi connectivity index (χ1v) is 7.22. The van der Waals surface area contributed by atoms with E-state index >= 15 is 0 Å². The zero-order chi connectivity index (χ0) is 14.7. The molecular formula is C13H17BrFN3O2. The van der Waals surface area contributed by atoms with Crippen LogP contribution < -0.4 is 10.6 Å². The normalized spacial score (nSPS) is 16.1. The number of amidine groups is 1. The van der Waals surface area contributed by atoms with Crippen LogP contribution in [0.4, 0.5) is 10.1 Å². The van der Waals surface area contributed by atoms with Crippen LogP contribution in [0.2, 0.25) is 0 Å². The second-order valence-corrected chi connectivity index (χ2v) is 5.54. The smallest absolute Gasteiger partial charge is 0.171 e. The van der Waals surface area contributed by atoms with Crippen molar-refractivity contribution in [3.63, 3.8) is 0 Å². The van der Waals surface area contributed by atoms with Crippen molar-refractivity contribution in [3.8, 4) is 0 Å². The number of aliphatic hydroxyl groups is 1. The highest BCUT2D eigenvalue weighted by molar-refractivity contribution is 9.10. The maximum Gasteiger partial charge on any atom is 0.171 e. The van der Waals surface area contributed by atoms with E-state index in [9.17, 15) is 4.39 Å². The summed E-state index contributed by atoms with van der Waals surface area (Å²) in [4.78, 5) is 1.87. The third kappa shape index (κ3) is 2.73. The Hall–Kier alpha value is -1.34. The molecule has 5 nitrogen and oxygen atoms in total. The van der Waals surface area contributed by atoms with E-state index in [0.717, 1.165) is 19.3 Å². The average Bonchev–Trinajstić information content (AvgIpc) is 2.38. The van der Waals surface area contributed by atoms with Gasteiger partial charge in [0.25, 0.3) is 0 Å². The largest absolute Gasteiger partial charge is 0.409 e. The van der Waals surface area contributed by atoms with Crippen molar-refractivity contribution in [2.24, 2.45) is 10.9 Å². The van der Waals surface area contributed by atoms with Crippen molar-refractivity contribution < 1.29 is 14.7 Å². The lowest BCUT2D eigenvalue weighted by Crippen LogP contribution is -2.42. The first-order valence-electron chi connectivity index (χ1n) is 6.43. The van der Waals surface area contributed by atoms with Gasteiger partial charge in [-0.3, -0.25) is 0 Å². The predicted molar refractivity (Wildman–Crippen MR) is 78.7 cm³/mol. The van der Waals surface area contributed by atoms with E-state index in [2.05, 4.69) is 21.1 Å². The number of nitrogens with two attached hydrogens (primary N) is 1. The molecule has 1 aliphatic carbocycles. The van der Waals surface area contributed by atoms with Gasteiger partial charge in [-0.05, 0) is 47.3 Å². The van der Waals surface area contributed by atoms with Crippen LogP contribution in [0.3, 0.4) is 0 Å². The highest BCUT2D eigenvalue weighted by Gasteiger charge is 2.28. The van der Waals surface area contributed by atoms with E-state index in [4.69, 9.17) is 16.0 Å². The lowest BCUT2D eigenvalue weighted by molar-refractivity contribution is 0.282. The third-order valence-corrected chi connectivity index (χ3v) is 4.39. The molecular weight excluding hydrogens is 329 g/mol. The fraction of sp³-hybridized carbons (Fsp3) is 0.462. The SMILES string of the molecule is N/C(=N/O)c1ccc(N(CCO)C2CCC2)c(F)c1Br. The van der Waals surface area contributed by atoms with E-state index in [1.54, 1.807) is 12.1 Å². The van der Waals surface area contributed by atoms with Crippen molar-refractivity contribution >= 4 is 27.5 Å². The van der Waals surface area contributed by atoms with Gasteiger partial charge in [0.05, 0.1) is 16.8 Å². The number of hydrogen-bond acceptors (Lipinski definition) is 4. The molecule has 0 spiro atoms.